The second-order valence-electron chi connectivity index (χ2n) is 7.21. The van der Waals surface area contributed by atoms with Crippen molar-refractivity contribution >= 4 is 28.3 Å². The van der Waals surface area contributed by atoms with E-state index in [0.29, 0.717) is 30.7 Å². The van der Waals surface area contributed by atoms with Crippen LogP contribution in [-0.2, 0) is 9.59 Å². The molecule has 2 aromatic carbocycles. The number of benzene rings is 2. The number of anilines is 1. The summed E-state index contributed by atoms with van der Waals surface area (Å²) in [5.74, 6) is 2.80. The van der Waals surface area contributed by atoms with Crippen LogP contribution in [0.2, 0.25) is 0 Å². The first-order valence-electron chi connectivity index (χ1n) is 9.61. The standard InChI is InChI=1S/C22H26N4O3/c1-4-5-11-22(25-26-22)12-10-20(27)23-15(2)21(28)24-17-13-16-8-6-7-9-18(16)19(14-17)29-3/h1,6-9,13-15,25-26H,5,10-12H2,2-3H3,(H,23,27)(H,24,28)/t15-/m0/s1. The fourth-order valence-corrected chi connectivity index (χ4v) is 3.22. The first-order chi connectivity index (χ1) is 14.0. The number of terminal acetylenes is 1. The van der Waals surface area contributed by atoms with Crippen LogP contribution in [0.1, 0.15) is 32.6 Å². The Morgan fingerprint density at radius 1 is 1.24 bits per heavy atom. The Kier molecular flexibility index (Phi) is 6.37. The van der Waals surface area contributed by atoms with Crippen molar-refractivity contribution in [3.8, 4) is 18.1 Å². The van der Waals surface area contributed by atoms with E-state index >= 15 is 0 Å². The van der Waals surface area contributed by atoms with Crippen LogP contribution in [0.4, 0.5) is 5.69 Å². The van der Waals surface area contributed by atoms with Crippen molar-refractivity contribution in [2.45, 2.75) is 44.3 Å². The lowest BCUT2D eigenvalue weighted by Crippen LogP contribution is -2.42. The number of rotatable bonds is 9. The van der Waals surface area contributed by atoms with Gasteiger partial charge >= 0.3 is 0 Å². The Balaban J connectivity index is 1.55. The minimum Gasteiger partial charge on any atom is -0.496 e. The Labute approximate surface area is 170 Å². The predicted octanol–water partition coefficient (Wildman–Crippen LogP) is 2.29. The van der Waals surface area contributed by atoms with Gasteiger partial charge in [0.1, 0.15) is 11.8 Å². The molecule has 7 nitrogen and oxygen atoms in total. The third kappa shape index (κ3) is 5.25. The predicted molar refractivity (Wildman–Crippen MR) is 113 cm³/mol. The number of carbonyl (C=O) groups excluding carboxylic acids is 2. The lowest BCUT2D eigenvalue weighted by atomic mass is 10.0. The van der Waals surface area contributed by atoms with Crippen LogP contribution in [-0.4, -0.2) is 30.6 Å². The zero-order valence-corrected chi connectivity index (χ0v) is 16.7. The van der Waals surface area contributed by atoms with Gasteiger partial charge in [0.15, 0.2) is 0 Å². The van der Waals surface area contributed by atoms with Crippen molar-refractivity contribution in [1.82, 2.24) is 16.2 Å². The summed E-state index contributed by atoms with van der Waals surface area (Å²) >= 11 is 0. The minimum absolute atomic E-state index is 0.181. The zero-order chi connectivity index (χ0) is 20.9. The lowest BCUT2D eigenvalue weighted by molar-refractivity contribution is -0.126. The van der Waals surface area contributed by atoms with Gasteiger partial charge in [-0.1, -0.05) is 24.3 Å². The highest BCUT2D eigenvalue weighted by molar-refractivity contribution is 6.00. The van der Waals surface area contributed by atoms with Crippen LogP contribution in [0, 0.1) is 12.3 Å². The molecule has 1 aliphatic heterocycles. The second kappa shape index (κ2) is 8.95. The van der Waals surface area contributed by atoms with Crippen molar-refractivity contribution in [3.63, 3.8) is 0 Å². The Hall–Kier alpha value is -3.08. The van der Waals surface area contributed by atoms with E-state index in [1.807, 2.05) is 30.3 Å². The zero-order valence-electron chi connectivity index (χ0n) is 16.7. The average molecular weight is 394 g/mol. The van der Waals surface area contributed by atoms with E-state index in [9.17, 15) is 9.59 Å². The largest absolute Gasteiger partial charge is 0.496 e. The van der Waals surface area contributed by atoms with Gasteiger partial charge in [0, 0.05) is 30.0 Å². The Morgan fingerprint density at radius 3 is 2.69 bits per heavy atom. The molecule has 0 unspecified atom stereocenters. The summed E-state index contributed by atoms with van der Waals surface area (Å²) in [6, 6.07) is 10.8. The number of methoxy groups -OCH3 is 1. The summed E-state index contributed by atoms with van der Waals surface area (Å²) in [5.41, 5.74) is 6.47. The monoisotopic (exact) mass is 394 g/mol. The molecule has 7 heteroatoms. The second-order valence-corrected chi connectivity index (χ2v) is 7.21. The van der Waals surface area contributed by atoms with Crippen LogP contribution >= 0.6 is 0 Å². The molecule has 29 heavy (non-hydrogen) atoms. The maximum atomic E-state index is 12.5. The smallest absolute Gasteiger partial charge is 0.246 e. The molecule has 0 spiro atoms. The van der Waals surface area contributed by atoms with Gasteiger partial charge in [-0.3, -0.25) is 9.59 Å². The molecule has 0 radical (unpaired) electrons. The maximum absolute atomic E-state index is 12.5. The molecule has 4 N–H and O–H groups in total. The topological polar surface area (TPSA) is 111 Å². The van der Waals surface area contributed by atoms with Gasteiger partial charge in [0.25, 0.3) is 0 Å². The molecule has 2 aromatic rings. The highest BCUT2D eigenvalue weighted by Crippen LogP contribution is 2.29. The highest BCUT2D eigenvalue weighted by atomic mass is 16.5. The van der Waals surface area contributed by atoms with Crippen molar-refractivity contribution in [1.29, 1.82) is 0 Å². The summed E-state index contributed by atoms with van der Waals surface area (Å²) in [6.07, 6.45) is 7.59. The Morgan fingerprint density at radius 2 is 2.00 bits per heavy atom. The van der Waals surface area contributed by atoms with Gasteiger partial charge in [-0.2, -0.15) is 0 Å². The quantitative estimate of drug-likeness (QED) is 0.385. The van der Waals surface area contributed by atoms with E-state index in [-0.39, 0.29) is 17.5 Å². The molecule has 0 saturated carbocycles. The number of hydrazine groups is 1. The van der Waals surface area contributed by atoms with Gasteiger partial charge in [-0.05, 0) is 31.2 Å². The molecule has 1 aliphatic rings. The van der Waals surface area contributed by atoms with Crippen LogP contribution in [0.15, 0.2) is 36.4 Å². The lowest BCUT2D eigenvalue weighted by Gasteiger charge is -2.16. The molecule has 1 heterocycles. The number of fused-ring (bicyclic) bond motifs is 1. The number of ether oxygens (including phenoxy) is 1. The summed E-state index contributed by atoms with van der Waals surface area (Å²) in [5, 5.41) is 7.52. The number of hydrogen-bond donors (Lipinski definition) is 4. The van der Waals surface area contributed by atoms with Gasteiger partial charge in [0.05, 0.1) is 12.8 Å². The van der Waals surface area contributed by atoms with E-state index in [1.54, 1.807) is 20.1 Å². The van der Waals surface area contributed by atoms with Crippen LogP contribution in [0.3, 0.4) is 0 Å². The molecule has 152 valence electrons. The maximum Gasteiger partial charge on any atom is 0.246 e. The Bertz CT molecular complexity index is 947. The number of amides is 2. The molecule has 1 atom stereocenters. The molecule has 0 aliphatic carbocycles. The van der Waals surface area contributed by atoms with Crippen LogP contribution in [0.5, 0.6) is 5.75 Å². The van der Waals surface area contributed by atoms with E-state index in [4.69, 9.17) is 11.2 Å². The summed E-state index contributed by atoms with van der Waals surface area (Å²) in [7, 11) is 1.59. The molecule has 3 rings (SSSR count). The fraction of sp³-hybridized carbons (Fsp3) is 0.364. The van der Waals surface area contributed by atoms with E-state index in [2.05, 4.69) is 27.4 Å². The molecule has 1 saturated heterocycles. The van der Waals surface area contributed by atoms with Crippen LogP contribution in [0.25, 0.3) is 10.8 Å². The van der Waals surface area contributed by atoms with Crippen LogP contribution < -0.4 is 26.2 Å². The molecule has 1 fully saturated rings. The molecular formula is C22H26N4O3. The first-order valence-corrected chi connectivity index (χ1v) is 9.61. The third-order valence-electron chi connectivity index (χ3n) is 5.04. The van der Waals surface area contributed by atoms with Crippen molar-refractivity contribution in [2.24, 2.45) is 0 Å². The van der Waals surface area contributed by atoms with Gasteiger partial charge in [-0.25, -0.2) is 10.9 Å². The van der Waals surface area contributed by atoms with Gasteiger partial charge in [0.2, 0.25) is 11.8 Å². The number of nitrogens with one attached hydrogen (secondary N) is 4. The summed E-state index contributed by atoms with van der Waals surface area (Å²) < 4.78 is 5.43. The van der Waals surface area contributed by atoms with Crippen molar-refractivity contribution in [3.05, 3.63) is 36.4 Å². The van der Waals surface area contributed by atoms with Gasteiger partial charge in [-0.15, -0.1) is 12.3 Å². The first kappa shape index (κ1) is 20.6. The number of carbonyl (C=O) groups is 2. The molecular weight excluding hydrogens is 368 g/mol. The normalized spacial score (nSPS) is 15.2. The van der Waals surface area contributed by atoms with E-state index < -0.39 is 6.04 Å². The van der Waals surface area contributed by atoms with E-state index in [1.165, 1.54) is 0 Å². The molecule has 0 bridgehead atoms. The SMILES string of the molecule is C#CCCC1(CCC(=O)N[C@@H](C)C(=O)Nc2cc(OC)c3ccccc3c2)NN1. The van der Waals surface area contributed by atoms with Crippen molar-refractivity contribution < 1.29 is 14.3 Å². The molecule has 2 amide bonds. The van der Waals surface area contributed by atoms with E-state index in [0.717, 1.165) is 17.2 Å². The fourth-order valence-electron chi connectivity index (χ4n) is 3.22. The average Bonchev–Trinajstić information content (AvgIpc) is 3.50. The minimum atomic E-state index is -0.665. The summed E-state index contributed by atoms with van der Waals surface area (Å²) in [4.78, 5) is 24.8. The van der Waals surface area contributed by atoms with Gasteiger partial charge < -0.3 is 15.4 Å². The molecule has 0 aromatic heterocycles. The number of hydrogen-bond acceptors (Lipinski definition) is 5. The highest BCUT2D eigenvalue weighted by Gasteiger charge is 2.40. The van der Waals surface area contributed by atoms with Crippen molar-refractivity contribution in [2.75, 3.05) is 12.4 Å². The third-order valence-corrected chi connectivity index (χ3v) is 5.04. The summed E-state index contributed by atoms with van der Waals surface area (Å²) in [6.45, 7) is 1.66.